The molecule has 2 nitrogen and oxygen atoms in total. The Kier molecular flexibility index (Phi) is 2.83. The summed E-state index contributed by atoms with van der Waals surface area (Å²) < 4.78 is 30.6. The van der Waals surface area contributed by atoms with E-state index in [1.165, 1.54) is 13.2 Å². The molecule has 2 N–H and O–H groups in total. The van der Waals surface area contributed by atoms with E-state index in [0.717, 1.165) is 6.07 Å². The molecular weight excluding hydrogens is 176 g/mol. The molecule has 0 bridgehead atoms. The van der Waals surface area contributed by atoms with E-state index < -0.39 is 17.7 Å². The molecule has 1 unspecified atom stereocenters. The minimum Gasteiger partial charge on any atom is -0.493 e. The van der Waals surface area contributed by atoms with Gasteiger partial charge in [0.1, 0.15) is 5.82 Å². The first kappa shape index (κ1) is 9.92. The first-order chi connectivity index (χ1) is 6.06. The summed E-state index contributed by atoms with van der Waals surface area (Å²) in [5.41, 5.74) is 5.85. The number of methoxy groups -OCH3 is 1. The van der Waals surface area contributed by atoms with E-state index in [1.807, 2.05) is 0 Å². The average Bonchev–Trinajstić information content (AvgIpc) is 2.02. The van der Waals surface area contributed by atoms with Crippen LogP contribution in [0.2, 0.25) is 0 Å². The van der Waals surface area contributed by atoms with Gasteiger partial charge in [-0.3, -0.25) is 0 Å². The van der Waals surface area contributed by atoms with Crippen molar-refractivity contribution in [2.75, 3.05) is 7.11 Å². The Hall–Kier alpha value is -1.16. The summed E-state index contributed by atoms with van der Waals surface area (Å²) in [5.74, 6) is -1.36. The molecule has 0 radical (unpaired) electrons. The molecule has 0 fully saturated rings. The van der Waals surface area contributed by atoms with Gasteiger partial charge >= 0.3 is 0 Å². The highest BCUT2D eigenvalue weighted by Crippen LogP contribution is 2.27. The van der Waals surface area contributed by atoms with Crippen LogP contribution in [-0.4, -0.2) is 7.11 Å². The van der Waals surface area contributed by atoms with E-state index in [-0.39, 0.29) is 5.75 Å². The summed E-state index contributed by atoms with van der Waals surface area (Å²) in [6, 6.07) is 1.48. The molecule has 4 heteroatoms. The lowest BCUT2D eigenvalue weighted by Gasteiger charge is -2.12. The Balaban J connectivity index is 3.29. The van der Waals surface area contributed by atoms with Crippen LogP contribution in [0.5, 0.6) is 5.75 Å². The lowest BCUT2D eigenvalue weighted by molar-refractivity contribution is 0.376. The van der Waals surface area contributed by atoms with Crippen molar-refractivity contribution in [1.29, 1.82) is 0 Å². The SMILES string of the molecule is COc1c(F)cc(F)cc1C(C)N. The predicted molar refractivity (Wildman–Crippen MR) is 45.5 cm³/mol. The fourth-order valence-corrected chi connectivity index (χ4v) is 1.13. The van der Waals surface area contributed by atoms with Crippen LogP contribution in [0.4, 0.5) is 8.78 Å². The van der Waals surface area contributed by atoms with Crippen LogP contribution in [0.3, 0.4) is 0 Å². The van der Waals surface area contributed by atoms with Crippen LogP contribution in [0.25, 0.3) is 0 Å². The third-order valence-electron chi connectivity index (χ3n) is 1.73. The number of nitrogens with two attached hydrogens (primary N) is 1. The topological polar surface area (TPSA) is 35.2 Å². The highest BCUT2D eigenvalue weighted by Gasteiger charge is 2.14. The smallest absolute Gasteiger partial charge is 0.168 e. The van der Waals surface area contributed by atoms with Gasteiger partial charge in [-0.15, -0.1) is 0 Å². The predicted octanol–water partition coefficient (Wildman–Crippen LogP) is 1.99. The van der Waals surface area contributed by atoms with Gasteiger partial charge in [0.15, 0.2) is 11.6 Å². The summed E-state index contributed by atoms with van der Waals surface area (Å²) in [4.78, 5) is 0. The normalized spacial score (nSPS) is 12.7. The molecule has 13 heavy (non-hydrogen) atoms. The van der Waals surface area contributed by atoms with Gasteiger partial charge in [-0.1, -0.05) is 0 Å². The van der Waals surface area contributed by atoms with Gasteiger partial charge in [-0.2, -0.15) is 0 Å². The van der Waals surface area contributed by atoms with Gasteiger partial charge in [-0.05, 0) is 13.0 Å². The second-order valence-corrected chi connectivity index (χ2v) is 2.80. The molecule has 0 spiro atoms. The van der Waals surface area contributed by atoms with Crippen molar-refractivity contribution in [3.8, 4) is 5.75 Å². The van der Waals surface area contributed by atoms with Crippen molar-refractivity contribution >= 4 is 0 Å². The van der Waals surface area contributed by atoms with Crippen molar-refractivity contribution in [2.45, 2.75) is 13.0 Å². The molecule has 0 heterocycles. The van der Waals surface area contributed by atoms with E-state index in [2.05, 4.69) is 0 Å². The minimum atomic E-state index is -0.727. The van der Waals surface area contributed by atoms with Gasteiger partial charge in [0, 0.05) is 17.7 Å². The molecule has 0 saturated carbocycles. The summed E-state index contributed by atoms with van der Waals surface area (Å²) in [5, 5.41) is 0. The Morgan fingerprint density at radius 1 is 1.38 bits per heavy atom. The monoisotopic (exact) mass is 187 g/mol. The molecule has 0 saturated heterocycles. The average molecular weight is 187 g/mol. The molecule has 1 rings (SSSR count). The van der Waals surface area contributed by atoms with Gasteiger partial charge in [0.2, 0.25) is 0 Å². The molecule has 1 atom stereocenters. The highest BCUT2D eigenvalue weighted by atomic mass is 19.1. The zero-order valence-electron chi connectivity index (χ0n) is 7.47. The summed E-state index contributed by atoms with van der Waals surface area (Å²) in [6.45, 7) is 1.64. The first-order valence-electron chi connectivity index (χ1n) is 3.84. The quantitative estimate of drug-likeness (QED) is 0.768. The van der Waals surface area contributed by atoms with E-state index in [9.17, 15) is 8.78 Å². The van der Waals surface area contributed by atoms with E-state index in [4.69, 9.17) is 10.5 Å². The molecule has 0 aliphatic rings. The van der Waals surface area contributed by atoms with Crippen LogP contribution >= 0.6 is 0 Å². The second kappa shape index (κ2) is 3.70. The van der Waals surface area contributed by atoms with Gasteiger partial charge in [-0.25, -0.2) is 8.78 Å². The Morgan fingerprint density at radius 3 is 2.46 bits per heavy atom. The van der Waals surface area contributed by atoms with Gasteiger partial charge in [0.25, 0.3) is 0 Å². The molecule has 0 aromatic heterocycles. The summed E-state index contributed by atoms with van der Waals surface area (Å²) >= 11 is 0. The Bertz CT molecular complexity index is 313. The second-order valence-electron chi connectivity index (χ2n) is 2.80. The van der Waals surface area contributed by atoms with Crippen LogP contribution in [0, 0.1) is 11.6 Å². The zero-order valence-corrected chi connectivity index (χ0v) is 7.47. The number of hydrogen-bond acceptors (Lipinski definition) is 2. The fourth-order valence-electron chi connectivity index (χ4n) is 1.13. The van der Waals surface area contributed by atoms with Gasteiger partial charge in [0.05, 0.1) is 7.11 Å². The maximum Gasteiger partial charge on any atom is 0.168 e. The molecule has 0 aliphatic heterocycles. The standard InChI is InChI=1S/C9H11F2NO/c1-5(12)7-3-6(10)4-8(11)9(7)13-2/h3-5H,12H2,1-2H3. The number of halogens is 2. The van der Waals surface area contributed by atoms with E-state index in [0.29, 0.717) is 5.56 Å². The highest BCUT2D eigenvalue weighted by molar-refractivity contribution is 5.37. The first-order valence-corrected chi connectivity index (χ1v) is 3.84. The number of benzene rings is 1. The summed E-state index contributed by atoms with van der Waals surface area (Å²) in [7, 11) is 1.32. The van der Waals surface area contributed by atoms with E-state index in [1.54, 1.807) is 6.92 Å². The fraction of sp³-hybridized carbons (Fsp3) is 0.333. The van der Waals surface area contributed by atoms with E-state index >= 15 is 0 Å². The van der Waals surface area contributed by atoms with Crippen LogP contribution in [0.15, 0.2) is 12.1 Å². The van der Waals surface area contributed by atoms with Crippen LogP contribution in [0.1, 0.15) is 18.5 Å². The third-order valence-corrected chi connectivity index (χ3v) is 1.73. The molecule has 1 aromatic rings. The van der Waals surface area contributed by atoms with Crippen molar-refractivity contribution in [2.24, 2.45) is 5.73 Å². The van der Waals surface area contributed by atoms with Crippen molar-refractivity contribution in [3.63, 3.8) is 0 Å². The number of hydrogen-bond donors (Lipinski definition) is 1. The van der Waals surface area contributed by atoms with Crippen molar-refractivity contribution in [3.05, 3.63) is 29.3 Å². The molecule has 0 amide bonds. The van der Waals surface area contributed by atoms with Crippen LogP contribution < -0.4 is 10.5 Å². The largest absolute Gasteiger partial charge is 0.493 e. The molecule has 1 aromatic carbocycles. The maximum absolute atomic E-state index is 13.1. The Labute approximate surface area is 75.3 Å². The summed E-state index contributed by atoms with van der Waals surface area (Å²) in [6.07, 6.45) is 0. The molecule has 72 valence electrons. The van der Waals surface area contributed by atoms with Crippen LogP contribution in [-0.2, 0) is 0 Å². The maximum atomic E-state index is 13.1. The minimum absolute atomic E-state index is 0.0106. The lowest BCUT2D eigenvalue weighted by atomic mass is 10.1. The van der Waals surface area contributed by atoms with Crippen molar-refractivity contribution < 1.29 is 13.5 Å². The number of ether oxygens (including phenoxy) is 1. The lowest BCUT2D eigenvalue weighted by Crippen LogP contribution is -2.08. The molecule has 0 aliphatic carbocycles. The molecular formula is C9H11F2NO. The third kappa shape index (κ3) is 1.95. The van der Waals surface area contributed by atoms with Gasteiger partial charge < -0.3 is 10.5 Å². The zero-order chi connectivity index (χ0) is 10.0. The Morgan fingerprint density at radius 2 is 2.00 bits per heavy atom. The van der Waals surface area contributed by atoms with Crippen molar-refractivity contribution in [1.82, 2.24) is 0 Å². The number of rotatable bonds is 2.